The average molecular weight is 319 g/mol. The number of ether oxygens (including phenoxy) is 1. The van der Waals surface area contributed by atoms with Gasteiger partial charge in [0.15, 0.2) is 0 Å². The average Bonchev–Trinajstić information content (AvgIpc) is 2.65. The maximum absolute atomic E-state index is 10.4. The van der Waals surface area contributed by atoms with Crippen LogP contribution in [0.5, 0.6) is 0 Å². The van der Waals surface area contributed by atoms with Crippen molar-refractivity contribution in [3.05, 3.63) is 29.8 Å². The number of carbonyl (C=O) groups excluding carboxylic acids is 1. The van der Waals surface area contributed by atoms with E-state index < -0.39 is 0 Å². The van der Waals surface area contributed by atoms with Crippen molar-refractivity contribution in [3.63, 3.8) is 0 Å². The van der Waals surface area contributed by atoms with Crippen LogP contribution in [0.3, 0.4) is 0 Å². The minimum atomic E-state index is 0.214. The summed E-state index contributed by atoms with van der Waals surface area (Å²) >= 11 is 0. The molecule has 3 N–H and O–H groups in total. The number of nitrogens with one attached hydrogen (secondary N) is 3. The molecule has 3 heterocycles. The molecule has 0 unspecified atom stereocenters. The predicted octanol–water partition coefficient (Wildman–Crippen LogP) is 1.94. The number of hydrogen-bond donors (Lipinski definition) is 3. The van der Waals surface area contributed by atoms with Gasteiger partial charge < -0.3 is 20.7 Å². The van der Waals surface area contributed by atoms with E-state index in [1.165, 1.54) is 24.1 Å². The van der Waals surface area contributed by atoms with E-state index in [1.807, 2.05) is 0 Å². The Morgan fingerprint density at radius 2 is 1.61 bits per heavy atom. The van der Waals surface area contributed by atoms with Crippen molar-refractivity contribution in [2.24, 2.45) is 0 Å². The molecule has 3 aliphatic rings. The van der Waals surface area contributed by atoms with E-state index in [9.17, 15) is 4.79 Å². The fourth-order valence-electron chi connectivity index (χ4n) is 2.66. The van der Waals surface area contributed by atoms with Crippen molar-refractivity contribution in [2.75, 3.05) is 44.7 Å². The van der Waals surface area contributed by atoms with E-state index >= 15 is 0 Å². The second-order valence-electron chi connectivity index (χ2n) is 5.86. The Kier molecular flexibility index (Phi) is 8.51. The number of aryl methyl sites for hydroxylation is 1. The molecule has 0 aromatic heterocycles. The van der Waals surface area contributed by atoms with Crippen molar-refractivity contribution >= 4 is 11.6 Å². The molecule has 5 heteroatoms. The Bertz CT molecular complexity index is 417. The fraction of sp³-hybridized carbons (Fsp3) is 0.611. The highest BCUT2D eigenvalue weighted by molar-refractivity contribution is 5.76. The quantitative estimate of drug-likeness (QED) is 0.684. The molecule has 2 fully saturated rings. The van der Waals surface area contributed by atoms with E-state index in [1.54, 1.807) is 0 Å². The maximum Gasteiger partial charge on any atom is 0.219 e. The van der Waals surface area contributed by atoms with E-state index in [4.69, 9.17) is 4.74 Å². The Labute approximate surface area is 139 Å². The van der Waals surface area contributed by atoms with Gasteiger partial charge in [-0.2, -0.15) is 0 Å². The summed E-state index contributed by atoms with van der Waals surface area (Å²) < 4.78 is 5.01. The summed E-state index contributed by atoms with van der Waals surface area (Å²) in [6.07, 6.45) is 5.48. The van der Waals surface area contributed by atoms with Gasteiger partial charge in [0.05, 0.1) is 13.2 Å². The van der Waals surface area contributed by atoms with E-state index in [2.05, 4.69) is 40.2 Å². The molecule has 1 amide bonds. The van der Waals surface area contributed by atoms with Crippen molar-refractivity contribution in [1.29, 1.82) is 0 Å². The molecule has 5 nitrogen and oxygen atoms in total. The number of amides is 1. The van der Waals surface area contributed by atoms with E-state index in [0.29, 0.717) is 0 Å². The monoisotopic (exact) mass is 319 g/mol. The number of carbonyl (C=O) groups is 1. The SMILES string of the molecule is C1COCCN1.O=C1CCCCN1.c1ccc2c(c1)CCCN2. The minimum Gasteiger partial charge on any atom is -0.385 e. The van der Waals surface area contributed by atoms with Gasteiger partial charge in [0.1, 0.15) is 0 Å². The molecule has 128 valence electrons. The summed E-state index contributed by atoms with van der Waals surface area (Å²) in [6, 6.07) is 8.53. The zero-order valence-corrected chi connectivity index (χ0v) is 13.9. The molecule has 23 heavy (non-hydrogen) atoms. The number of hydrogen-bond acceptors (Lipinski definition) is 4. The van der Waals surface area contributed by atoms with Crippen LogP contribution in [0.4, 0.5) is 5.69 Å². The normalized spacial score (nSPS) is 19.6. The van der Waals surface area contributed by atoms with Crippen molar-refractivity contribution in [2.45, 2.75) is 32.1 Å². The number of piperidine rings is 1. The van der Waals surface area contributed by atoms with Crippen LogP contribution in [-0.2, 0) is 16.0 Å². The second kappa shape index (κ2) is 11.0. The standard InChI is InChI=1S/C9H11N.C5H9NO.C4H9NO/c1-2-6-9-8(4-1)5-3-7-10-9;7-5-3-1-2-4-6-5;1-3-6-4-2-5-1/h1-2,4,6,10H,3,5,7H2;1-4H2,(H,6,7);5H,1-4H2. The first-order valence-corrected chi connectivity index (χ1v) is 8.73. The highest BCUT2D eigenvalue weighted by atomic mass is 16.5. The van der Waals surface area contributed by atoms with Gasteiger partial charge in [0, 0.05) is 38.3 Å². The number of anilines is 1. The van der Waals surface area contributed by atoms with Gasteiger partial charge in [-0.05, 0) is 37.3 Å². The van der Waals surface area contributed by atoms with E-state index in [-0.39, 0.29) is 5.91 Å². The molecule has 0 bridgehead atoms. The van der Waals surface area contributed by atoms with Crippen LogP contribution < -0.4 is 16.0 Å². The lowest BCUT2D eigenvalue weighted by atomic mass is 10.0. The van der Waals surface area contributed by atoms with Crippen LogP contribution in [0, 0.1) is 0 Å². The largest absolute Gasteiger partial charge is 0.385 e. The number of rotatable bonds is 0. The Morgan fingerprint density at radius 1 is 0.826 bits per heavy atom. The van der Waals surface area contributed by atoms with Crippen LogP contribution in [0.15, 0.2) is 24.3 Å². The van der Waals surface area contributed by atoms with Gasteiger partial charge in [-0.1, -0.05) is 18.2 Å². The van der Waals surface area contributed by atoms with Gasteiger partial charge in [0.25, 0.3) is 0 Å². The zero-order chi connectivity index (χ0) is 16.2. The molecule has 0 aliphatic carbocycles. The van der Waals surface area contributed by atoms with Crippen LogP contribution in [0.2, 0.25) is 0 Å². The topological polar surface area (TPSA) is 62.4 Å². The lowest BCUT2D eigenvalue weighted by Gasteiger charge is -2.16. The first kappa shape index (κ1) is 17.8. The van der Waals surface area contributed by atoms with Gasteiger partial charge in [-0.3, -0.25) is 4.79 Å². The van der Waals surface area contributed by atoms with Crippen LogP contribution in [-0.4, -0.2) is 45.3 Å². The third-order valence-electron chi connectivity index (χ3n) is 3.95. The molecule has 1 aromatic rings. The summed E-state index contributed by atoms with van der Waals surface area (Å²) in [5, 5.41) is 9.27. The van der Waals surface area contributed by atoms with E-state index in [0.717, 1.165) is 58.7 Å². The highest BCUT2D eigenvalue weighted by Gasteiger charge is 2.05. The van der Waals surface area contributed by atoms with Crippen molar-refractivity contribution in [1.82, 2.24) is 10.6 Å². The van der Waals surface area contributed by atoms with Crippen molar-refractivity contribution in [3.8, 4) is 0 Å². The molecule has 1 aromatic carbocycles. The second-order valence-corrected chi connectivity index (χ2v) is 5.86. The molecule has 0 saturated carbocycles. The summed E-state index contributed by atoms with van der Waals surface area (Å²) in [5.74, 6) is 0.214. The molecule has 3 aliphatic heterocycles. The molecular weight excluding hydrogens is 290 g/mol. The Hall–Kier alpha value is -1.59. The minimum absolute atomic E-state index is 0.214. The van der Waals surface area contributed by atoms with Gasteiger partial charge in [0.2, 0.25) is 5.91 Å². The van der Waals surface area contributed by atoms with Crippen LogP contribution in [0.25, 0.3) is 0 Å². The predicted molar refractivity (Wildman–Crippen MR) is 93.8 cm³/mol. The molecule has 0 spiro atoms. The zero-order valence-electron chi connectivity index (χ0n) is 13.9. The lowest BCUT2D eigenvalue weighted by molar-refractivity contribution is -0.122. The van der Waals surface area contributed by atoms with Gasteiger partial charge >= 0.3 is 0 Å². The number of fused-ring (bicyclic) bond motifs is 1. The Balaban J connectivity index is 0.000000131. The first-order chi connectivity index (χ1) is 11.4. The highest BCUT2D eigenvalue weighted by Crippen LogP contribution is 2.20. The first-order valence-electron chi connectivity index (χ1n) is 8.73. The molecule has 4 rings (SSSR count). The van der Waals surface area contributed by atoms with Crippen LogP contribution >= 0.6 is 0 Å². The maximum atomic E-state index is 10.4. The Morgan fingerprint density at radius 3 is 2.13 bits per heavy atom. The molecule has 0 radical (unpaired) electrons. The summed E-state index contributed by atoms with van der Waals surface area (Å²) in [7, 11) is 0. The van der Waals surface area contributed by atoms with Crippen molar-refractivity contribution < 1.29 is 9.53 Å². The number of benzene rings is 1. The smallest absolute Gasteiger partial charge is 0.219 e. The fourth-order valence-corrected chi connectivity index (χ4v) is 2.66. The van der Waals surface area contributed by atoms with Crippen LogP contribution in [0.1, 0.15) is 31.2 Å². The number of para-hydroxylation sites is 1. The third-order valence-corrected chi connectivity index (χ3v) is 3.95. The summed E-state index contributed by atoms with van der Waals surface area (Å²) in [5.41, 5.74) is 2.79. The molecule has 2 saturated heterocycles. The van der Waals surface area contributed by atoms with Gasteiger partial charge in [-0.25, -0.2) is 0 Å². The lowest BCUT2D eigenvalue weighted by Crippen LogP contribution is -2.30. The molecule has 0 atom stereocenters. The van der Waals surface area contributed by atoms with Gasteiger partial charge in [-0.15, -0.1) is 0 Å². The summed E-state index contributed by atoms with van der Waals surface area (Å²) in [6.45, 7) is 5.86. The third kappa shape index (κ3) is 7.48. The molecular formula is C18H29N3O2. The summed E-state index contributed by atoms with van der Waals surface area (Å²) in [4.78, 5) is 10.4. The number of morpholine rings is 1.